The molecule has 0 aliphatic heterocycles. The summed E-state index contributed by atoms with van der Waals surface area (Å²) in [7, 11) is 3.05. The number of nitrogens with zero attached hydrogens (tertiary/aromatic N) is 4. The Bertz CT molecular complexity index is 1220. The smallest absolute Gasteiger partial charge is 0.332 e. The van der Waals surface area contributed by atoms with Gasteiger partial charge in [-0.05, 0) is 13.8 Å². The van der Waals surface area contributed by atoms with Crippen LogP contribution in [-0.4, -0.2) is 18.5 Å². The average Bonchev–Trinajstić information content (AvgIpc) is 3.09. The Hall–Kier alpha value is -3.09. The zero-order chi connectivity index (χ0) is 17.2. The summed E-state index contributed by atoms with van der Waals surface area (Å²) < 4.78 is 9.99. The topological polar surface area (TPSA) is 74.4 Å². The molecular formula is C17H16N4O3. The minimum absolute atomic E-state index is 0.302. The molecule has 0 saturated carbocycles. The molecule has 7 heteroatoms. The first-order valence-corrected chi connectivity index (χ1v) is 7.54. The number of hydrogen-bond acceptors (Lipinski definition) is 4. The molecule has 0 aliphatic rings. The summed E-state index contributed by atoms with van der Waals surface area (Å²) in [4.78, 5) is 29.0. The highest BCUT2D eigenvalue weighted by Crippen LogP contribution is 2.29. The van der Waals surface area contributed by atoms with Crippen LogP contribution in [0.15, 0.2) is 38.3 Å². The Morgan fingerprint density at radius 1 is 1.00 bits per heavy atom. The van der Waals surface area contributed by atoms with Crippen LogP contribution in [0.4, 0.5) is 0 Å². The highest BCUT2D eigenvalue weighted by Gasteiger charge is 2.21. The van der Waals surface area contributed by atoms with Crippen LogP contribution < -0.4 is 11.2 Å². The molecule has 7 nitrogen and oxygen atoms in total. The molecule has 0 bridgehead atoms. The van der Waals surface area contributed by atoms with Crippen LogP contribution in [0.1, 0.15) is 11.3 Å². The third kappa shape index (κ3) is 1.75. The van der Waals surface area contributed by atoms with Gasteiger partial charge < -0.3 is 4.42 Å². The van der Waals surface area contributed by atoms with Gasteiger partial charge in [-0.3, -0.25) is 18.3 Å². The van der Waals surface area contributed by atoms with Crippen molar-refractivity contribution in [3.8, 4) is 11.3 Å². The van der Waals surface area contributed by atoms with Gasteiger partial charge in [0.2, 0.25) is 0 Å². The van der Waals surface area contributed by atoms with Gasteiger partial charge in [0.25, 0.3) is 5.56 Å². The standard InChI is InChI=1S/C17H16N4O3/c1-9-5-7-11(8-6-9)13-10(2)21-12-14(18-16(21)24-13)19(3)17(23)20(4)15(12)22/h5-8H,1-4H3. The zero-order valence-electron chi connectivity index (χ0n) is 13.8. The summed E-state index contributed by atoms with van der Waals surface area (Å²) in [6, 6.07) is 7.94. The monoisotopic (exact) mass is 324 g/mol. The number of aromatic nitrogens is 4. The van der Waals surface area contributed by atoms with Gasteiger partial charge in [-0.1, -0.05) is 29.8 Å². The first-order valence-electron chi connectivity index (χ1n) is 7.54. The number of hydrogen-bond donors (Lipinski definition) is 0. The maximum Gasteiger partial charge on any atom is 0.332 e. The van der Waals surface area contributed by atoms with Crippen molar-refractivity contribution >= 4 is 17.0 Å². The van der Waals surface area contributed by atoms with Gasteiger partial charge in [0.15, 0.2) is 16.9 Å². The predicted octanol–water partition coefficient (Wildman–Crippen LogP) is 1.76. The lowest BCUT2D eigenvalue weighted by Gasteiger charge is -2.03. The summed E-state index contributed by atoms with van der Waals surface area (Å²) in [6.45, 7) is 3.89. The molecule has 3 heterocycles. The van der Waals surface area contributed by atoms with E-state index in [0.29, 0.717) is 22.8 Å². The van der Waals surface area contributed by atoms with Crippen molar-refractivity contribution in [1.82, 2.24) is 18.5 Å². The molecule has 1 aromatic carbocycles. The van der Waals surface area contributed by atoms with Gasteiger partial charge in [-0.15, -0.1) is 0 Å². The van der Waals surface area contributed by atoms with Crippen molar-refractivity contribution < 1.29 is 4.42 Å². The van der Waals surface area contributed by atoms with Crippen molar-refractivity contribution in [3.63, 3.8) is 0 Å². The third-order valence-corrected chi connectivity index (χ3v) is 4.40. The highest BCUT2D eigenvalue weighted by molar-refractivity contribution is 5.77. The van der Waals surface area contributed by atoms with E-state index < -0.39 is 5.69 Å². The first-order chi connectivity index (χ1) is 11.4. The van der Waals surface area contributed by atoms with Crippen molar-refractivity contribution in [1.29, 1.82) is 0 Å². The quantitative estimate of drug-likeness (QED) is 0.535. The van der Waals surface area contributed by atoms with Crippen LogP contribution in [0, 0.1) is 13.8 Å². The van der Waals surface area contributed by atoms with Crippen LogP contribution in [0.5, 0.6) is 0 Å². The number of fused-ring (bicyclic) bond motifs is 3. The second-order valence-corrected chi connectivity index (χ2v) is 5.99. The van der Waals surface area contributed by atoms with E-state index in [1.54, 1.807) is 11.4 Å². The zero-order valence-corrected chi connectivity index (χ0v) is 13.8. The molecule has 122 valence electrons. The Kier molecular flexibility index (Phi) is 2.84. The molecule has 0 saturated heterocycles. The molecule has 0 unspecified atom stereocenters. The number of aryl methyl sites for hydroxylation is 3. The van der Waals surface area contributed by atoms with Gasteiger partial charge in [-0.2, -0.15) is 4.98 Å². The molecule has 0 aliphatic carbocycles. The third-order valence-electron chi connectivity index (χ3n) is 4.40. The average molecular weight is 324 g/mol. The summed E-state index contributed by atoms with van der Waals surface area (Å²) in [5.41, 5.74) is 2.70. The minimum atomic E-state index is -0.412. The van der Waals surface area contributed by atoms with Crippen LogP contribution in [0.2, 0.25) is 0 Å². The van der Waals surface area contributed by atoms with Crippen LogP contribution >= 0.6 is 0 Å². The Morgan fingerprint density at radius 2 is 1.67 bits per heavy atom. The summed E-state index contributed by atoms with van der Waals surface area (Å²) in [5, 5.41) is 0. The van der Waals surface area contributed by atoms with Gasteiger partial charge >= 0.3 is 11.5 Å². The Labute approximate surface area is 136 Å². The molecule has 4 aromatic rings. The second kappa shape index (κ2) is 4.70. The Morgan fingerprint density at radius 3 is 2.33 bits per heavy atom. The number of rotatable bonds is 1. The van der Waals surface area contributed by atoms with Gasteiger partial charge in [0.1, 0.15) is 0 Å². The maximum absolute atomic E-state index is 12.6. The molecule has 4 rings (SSSR count). The van der Waals surface area contributed by atoms with E-state index in [1.807, 2.05) is 38.1 Å². The van der Waals surface area contributed by atoms with E-state index in [-0.39, 0.29) is 5.56 Å². The van der Waals surface area contributed by atoms with Gasteiger partial charge in [0, 0.05) is 19.7 Å². The lowest BCUT2D eigenvalue weighted by atomic mass is 10.1. The van der Waals surface area contributed by atoms with Crippen LogP contribution in [-0.2, 0) is 14.1 Å². The van der Waals surface area contributed by atoms with E-state index in [2.05, 4.69) is 4.98 Å². The molecule has 0 N–H and O–H groups in total. The number of benzene rings is 1. The van der Waals surface area contributed by atoms with Gasteiger partial charge in [-0.25, -0.2) is 4.79 Å². The SMILES string of the molecule is Cc1ccc(-c2oc3nc4c(c(=O)n(C)c(=O)n4C)n3c2C)cc1. The van der Waals surface area contributed by atoms with E-state index in [4.69, 9.17) is 4.42 Å². The molecule has 3 aromatic heterocycles. The fourth-order valence-electron chi connectivity index (χ4n) is 2.99. The summed E-state index contributed by atoms with van der Waals surface area (Å²) in [5.74, 6) is 0.965. The van der Waals surface area contributed by atoms with Crippen molar-refractivity contribution in [2.45, 2.75) is 13.8 Å². The second-order valence-electron chi connectivity index (χ2n) is 5.99. The van der Waals surface area contributed by atoms with E-state index in [0.717, 1.165) is 21.4 Å². The minimum Gasteiger partial charge on any atom is -0.423 e. The molecule has 0 amide bonds. The van der Waals surface area contributed by atoms with E-state index >= 15 is 0 Å². The van der Waals surface area contributed by atoms with Crippen molar-refractivity contribution in [3.05, 3.63) is 56.4 Å². The number of oxazole rings is 1. The maximum atomic E-state index is 12.6. The molecule has 24 heavy (non-hydrogen) atoms. The summed E-state index contributed by atoms with van der Waals surface area (Å²) in [6.07, 6.45) is 0. The molecule has 0 spiro atoms. The normalized spacial score (nSPS) is 11.7. The lowest BCUT2D eigenvalue weighted by Crippen LogP contribution is -2.37. The summed E-state index contributed by atoms with van der Waals surface area (Å²) >= 11 is 0. The van der Waals surface area contributed by atoms with Crippen LogP contribution in [0.25, 0.3) is 28.3 Å². The number of imidazole rings is 1. The Balaban J connectivity index is 2.13. The molecule has 0 radical (unpaired) electrons. The molecule has 0 atom stereocenters. The molecular weight excluding hydrogens is 308 g/mol. The van der Waals surface area contributed by atoms with Crippen LogP contribution in [0.3, 0.4) is 0 Å². The molecule has 0 fully saturated rings. The van der Waals surface area contributed by atoms with Crippen molar-refractivity contribution in [2.24, 2.45) is 14.1 Å². The largest absolute Gasteiger partial charge is 0.423 e. The van der Waals surface area contributed by atoms with Gasteiger partial charge in [0.05, 0.1) is 5.69 Å². The van der Waals surface area contributed by atoms with Crippen molar-refractivity contribution in [2.75, 3.05) is 0 Å². The fourth-order valence-corrected chi connectivity index (χ4v) is 2.99. The lowest BCUT2D eigenvalue weighted by molar-refractivity contribution is 0.609. The van der Waals surface area contributed by atoms with E-state index in [9.17, 15) is 9.59 Å². The predicted molar refractivity (Wildman–Crippen MR) is 90.4 cm³/mol. The fraction of sp³-hybridized carbons (Fsp3) is 0.235. The first kappa shape index (κ1) is 14.5. The highest BCUT2D eigenvalue weighted by atomic mass is 16.4. The van der Waals surface area contributed by atoms with E-state index in [1.165, 1.54) is 11.6 Å².